The quantitative estimate of drug-likeness (QED) is 0.670. The highest BCUT2D eigenvalue weighted by Gasteiger charge is 2.19. The third kappa shape index (κ3) is 2.14. The van der Waals surface area contributed by atoms with Crippen molar-refractivity contribution in [1.82, 2.24) is 4.57 Å². The molecule has 110 valence electrons. The van der Waals surface area contributed by atoms with Crippen molar-refractivity contribution >= 4 is 26.8 Å². The molecule has 0 aliphatic carbocycles. The lowest BCUT2D eigenvalue weighted by atomic mass is 10.2. The second kappa shape index (κ2) is 5.43. The van der Waals surface area contributed by atoms with Crippen LogP contribution in [-0.4, -0.2) is 11.7 Å². The van der Waals surface area contributed by atoms with Crippen molar-refractivity contribution in [3.8, 4) is 17.5 Å². The summed E-state index contributed by atoms with van der Waals surface area (Å²) in [7, 11) is 1.56. The summed E-state index contributed by atoms with van der Waals surface area (Å²) in [5.74, 6) is -1.27. The molecule has 3 aromatic rings. The van der Waals surface area contributed by atoms with Crippen LogP contribution >= 0.6 is 15.9 Å². The lowest BCUT2D eigenvalue weighted by Gasteiger charge is -2.08. The van der Waals surface area contributed by atoms with Crippen LogP contribution in [0.3, 0.4) is 0 Å². The lowest BCUT2D eigenvalue weighted by Crippen LogP contribution is -1.95. The molecule has 0 amide bonds. The van der Waals surface area contributed by atoms with Crippen molar-refractivity contribution in [2.45, 2.75) is 0 Å². The molecular formula is C16H9BrF2N2O. The summed E-state index contributed by atoms with van der Waals surface area (Å²) in [6.07, 6.45) is 0. The van der Waals surface area contributed by atoms with Crippen molar-refractivity contribution in [3.05, 3.63) is 58.2 Å². The molecule has 0 saturated heterocycles. The molecule has 0 aliphatic rings. The Morgan fingerprint density at radius 3 is 2.36 bits per heavy atom. The van der Waals surface area contributed by atoms with Crippen LogP contribution in [0.1, 0.15) is 5.56 Å². The summed E-state index contributed by atoms with van der Waals surface area (Å²) in [6, 6.07) is 11.2. The van der Waals surface area contributed by atoms with Gasteiger partial charge in [-0.05, 0) is 46.3 Å². The zero-order valence-electron chi connectivity index (χ0n) is 11.4. The van der Waals surface area contributed by atoms with Crippen LogP contribution in [0.4, 0.5) is 8.78 Å². The van der Waals surface area contributed by atoms with Gasteiger partial charge in [-0.15, -0.1) is 0 Å². The summed E-state index contributed by atoms with van der Waals surface area (Å²) in [5, 5.41) is 9.64. The molecule has 0 saturated carbocycles. The number of hydrogen-bond acceptors (Lipinski definition) is 2. The molecule has 3 nitrogen and oxygen atoms in total. The minimum absolute atomic E-state index is 0.254. The number of benzene rings is 2. The van der Waals surface area contributed by atoms with Gasteiger partial charge in [0.25, 0.3) is 0 Å². The SMILES string of the molecule is COc1ccc(-n2c(Br)c(C#N)c3cc(F)c(F)cc32)cc1. The van der Waals surface area contributed by atoms with Crippen molar-refractivity contribution in [2.75, 3.05) is 7.11 Å². The maximum atomic E-state index is 13.6. The van der Waals surface area contributed by atoms with Gasteiger partial charge in [0.2, 0.25) is 0 Å². The van der Waals surface area contributed by atoms with E-state index >= 15 is 0 Å². The normalized spacial score (nSPS) is 10.7. The van der Waals surface area contributed by atoms with Gasteiger partial charge in [0, 0.05) is 17.1 Å². The first-order chi connectivity index (χ1) is 10.6. The maximum Gasteiger partial charge on any atom is 0.160 e. The van der Waals surface area contributed by atoms with E-state index in [9.17, 15) is 14.0 Å². The highest BCUT2D eigenvalue weighted by Crippen LogP contribution is 2.34. The highest BCUT2D eigenvalue weighted by molar-refractivity contribution is 9.10. The Balaban J connectivity index is 2.35. The number of rotatable bonds is 2. The monoisotopic (exact) mass is 362 g/mol. The van der Waals surface area contributed by atoms with Gasteiger partial charge in [0.05, 0.1) is 18.2 Å². The fourth-order valence-corrected chi connectivity index (χ4v) is 3.04. The minimum Gasteiger partial charge on any atom is -0.497 e. The van der Waals surface area contributed by atoms with Crippen molar-refractivity contribution in [1.29, 1.82) is 5.26 Å². The predicted octanol–water partition coefficient (Wildman–Crippen LogP) is 4.55. The number of aromatic nitrogens is 1. The van der Waals surface area contributed by atoms with Gasteiger partial charge in [0.1, 0.15) is 16.4 Å². The standard InChI is InChI=1S/C16H9BrF2N2O/c1-22-10-4-2-9(3-5-10)21-15-7-14(19)13(18)6-11(15)12(8-20)16(21)17/h2-7H,1H3. The number of halogens is 3. The fourth-order valence-electron chi connectivity index (χ4n) is 2.34. The third-order valence-electron chi connectivity index (χ3n) is 3.39. The molecule has 0 radical (unpaired) electrons. The summed E-state index contributed by atoms with van der Waals surface area (Å²) in [4.78, 5) is 0. The molecule has 0 N–H and O–H groups in total. The predicted molar refractivity (Wildman–Crippen MR) is 82.2 cm³/mol. The van der Waals surface area contributed by atoms with E-state index in [2.05, 4.69) is 15.9 Å². The van der Waals surface area contributed by atoms with E-state index in [0.717, 1.165) is 12.1 Å². The van der Waals surface area contributed by atoms with E-state index in [1.165, 1.54) is 0 Å². The Labute approximate surface area is 133 Å². The Morgan fingerprint density at radius 1 is 1.14 bits per heavy atom. The zero-order valence-corrected chi connectivity index (χ0v) is 13.0. The average molecular weight is 363 g/mol. The first kappa shape index (κ1) is 14.5. The van der Waals surface area contributed by atoms with E-state index in [0.29, 0.717) is 26.9 Å². The average Bonchev–Trinajstić information content (AvgIpc) is 2.79. The van der Waals surface area contributed by atoms with Gasteiger partial charge in [-0.25, -0.2) is 8.78 Å². The molecular weight excluding hydrogens is 354 g/mol. The number of nitriles is 1. The summed E-state index contributed by atoms with van der Waals surface area (Å²) in [6.45, 7) is 0. The van der Waals surface area contributed by atoms with E-state index < -0.39 is 11.6 Å². The van der Waals surface area contributed by atoms with Crippen LogP contribution in [-0.2, 0) is 0 Å². The molecule has 22 heavy (non-hydrogen) atoms. The first-order valence-electron chi connectivity index (χ1n) is 6.30. The van der Waals surface area contributed by atoms with E-state index in [1.54, 1.807) is 35.9 Å². The lowest BCUT2D eigenvalue weighted by molar-refractivity contribution is 0.415. The van der Waals surface area contributed by atoms with Crippen LogP contribution in [0, 0.1) is 23.0 Å². The smallest absolute Gasteiger partial charge is 0.160 e. The minimum atomic E-state index is -0.983. The fraction of sp³-hybridized carbons (Fsp3) is 0.0625. The molecule has 0 bridgehead atoms. The van der Waals surface area contributed by atoms with Gasteiger partial charge in [0.15, 0.2) is 11.6 Å². The maximum absolute atomic E-state index is 13.6. The molecule has 0 atom stereocenters. The van der Waals surface area contributed by atoms with Crippen LogP contribution in [0.5, 0.6) is 5.75 Å². The second-order valence-electron chi connectivity index (χ2n) is 4.59. The van der Waals surface area contributed by atoms with Crippen LogP contribution < -0.4 is 4.74 Å². The van der Waals surface area contributed by atoms with Crippen molar-refractivity contribution < 1.29 is 13.5 Å². The number of hydrogen-bond donors (Lipinski definition) is 0. The van der Waals surface area contributed by atoms with E-state index in [4.69, 9.17) is 4.74 Å². The highest BCUT2D eigenvalue weighted by atomic mass is 79.9. The number of ether oxygens (including phenoxy) is 1. The van der Waals surface area contributed by atoms with Crippen LogP contribution in [0.25, 0.3) is 16.6 Å². The number of fused-ring (bicyclic) bond motifs is 1. The number of nitrogens with zero attached hydrogens (tertiary/aromatic N) is 2. The molecule has 1 heterocycles. The molecule has 2 aromatic carbocycles. The summed E-state index contributed by atoms with van der Waals surface area (Å²) >= 11 is 3.34. The van der Waals surface area contributed by atoms with Gasteiger partial charge in [-0.1, -0.05) is 0 Å². The van der Waals surface area contributed by atoms with E-state index in [-0.39, 0.29) is 5.56 Å². The largest absolute Gasteiger partial charge is 0.497 e. The van der Waals surface area contributed by atoms with Gasteiger partial charge in [-0.3, -0.25) is 0 Å². The first-order valence-corrected chi connectivity index (χ1v) is 7.09. The molecule has 0 fully saturated rings. The second-order valence-corrected chi connectivity index (χ2v) is 5.35. The van der Waals surface area contributed by atoms with Crippen molar-refractivity contribution in [3.63, 3.8) is 0 Å². The van der Waals surface area contributed by atoms with E-state index in [1.807, 2.05) is 6.07 Å². The molecule has 3 rings (SSSR count). The molecule has 0 aliphatic heterocycles. The van der Waals surface area contributed by atoms with Gasteiger partial charge < -0.3 is 9.30 Å². The molecule has 0 unspecified atom stereocenters. The van der Waals surface area contributed by atoms with Crippen LogP contribution in [0.2, 0.25) is 0 Å². The van der Waals surface area contributed by atoms with Gasteiger partial charge in [-0.2, -0.15) is 5.26 Å². The molecule has 6 heteroatoms. The topological polar surface area (TPSA) is 38.0 Å². The number of methoxy groups -OCH3 is 1. The Kier molecular flexibility index (Phi) is 3.59. The Bertz CT molecular complexity index is 911. The van der Waals surface area contributed by atoms with Gasteiger partial charge >= 0.3 is 0 Å². The zero-order chi connectivity index (χ0) is 15.9. The molecule has 0 spiro atoms. The summed E-state index contributed by atoms with van der Waals surface area (Å²) < 4.78 is 34.3. The molecule has 1 aromatic heterocycles. The Morgan fingerprint density at radius 2 is 1.77 bits per heavy atom. The van der Waals surface area contributed by atoms with Crippen molar-refractivity contribution in [2.24, 2.45) is 0 Å². The van der Waals surface area contributed by atoms with Crippen LogP contribution in [0.15, 0.2) is 41.0 Å². The Hall–Kier alpha value is -2.39. The third-order valence-corrected chi connectivity index (χ3v) is 4.15. The summed E-state index contributed by atoms with van der Waals surface area (Å²) in [5.41, 5.74) is 1.36.